The van der Waals surface area contributed by atoms with Crippen molar-refractivity contribution in [2.24, 2.45) is 0 Å². The lowest BCUT2D eigenvalue weighted by molar-refractivity contribution is 0.595. The molecule has 164 valence electrons. The molecule has 3 aromatic rings. The van der Waals surface area contributed by atoms with Gasteiger partial charge in [0.05, 0.1) is 11.6 Å². The Balaban J connectivity index is 1.39. The Hall–Kier alpha value is -4.10. The van der Waals surface area contributed by atoms with Crippen LogP contribution in [-0.4, -0.2) is 11.0 Å². The maximum atomic E-state index is 9.32. The first kappa shape index (κ1) is 19.4. The number of nitriles is 1. The van der Waals surface area contributed by atoms with Crippen LogP contribution in [0.1, 0.15) is 53.2 Å². The van der Waals surface area contributed by atoms with Gasteiger partial charge in [0.1, 0.15) is 17.4 Å². The first-order valence-corrected chi connectivity index (χ1v) is 12.0. The summed E-state index contributed by atoms with van der Waals surface area (Å²) in [5, 5.41) is 10.6. The van der Waals surface area contributed by atoms with E-state index in [1.165, 1.54) is 27.9 Å². The molecule has 2 aromatic heterocycles. The fraction of sp³-hybridized carbons (Fsp3) is 0.200. The quantitative estimate of drug-likeness (QED) is 0.438. The van der Waals surface area contributed by atoms with Gasteiger partial charge in [0.2, 0.25) is 0 Å². The summed E-state index contributed by atoms with van der Waals surface area (Å²) in [4.78, 5) is 6.82. The van der Waals surface area contributed by atoms with Gasteiger partial charge in [-0.05, 0) is 67.2 Å². The predicted molar refractivity (Wildman–Crippen MR) is 135 cm³/mol. The number of benzene rings is 1. The SMILES string of the molecule is N#Cc1cncc(C2=CCCC(N3c4ccc5oc6c(c5c4C4C=CC=CC43)CCC=C6)=C2)c1. The Morgan fingerprint density at radius 1 is 1.09 bits per heavy atom. The van der Waals surface area contributed by atoms with Gasteiger partial charge < -0.3 is 9.32 Å². The third-order valence-electron chi connectivity index (χ3n) is 7.43. The highest BCUT2D eigenvalue weighted by Gasteiger charge is 2.40. The van der Waals surface area contributed by atoms with E-state index < -0.39 is 0 Å². The second-order valence-corrected chi connectivity index (χ2v) is 9.32. The first-order chi connectivity index (χ1) is 16.8. The number of aromatic nitrogens is 1. The topological polar surface area (TPSA) is 53.1 Å². The maximum Gasteiger partial charge on any atom is 0.135 e. The average Bonchev–Trinajstić information content (AvgIpc) is 3.44. The van der Waals surface area contributed by atoms with Gasteiger partial charge in [-0.25, -0.2) is 0 Å². The van der Waals surface area contributed by atoms with Crippen molar-refractivity contribution in [3.8, 4) is 6.07 Å². The number of fused-ring (bicyclic) bond motifs is 7. The lowest BCUT2D eigenvalue weighted by Crippen LogP contribution is -2.32. The normalized spacial score (nSPS) is 22.1. The number of rotatable bonds is 2. The molecule has 4 aliphatic rings. The maximum absolute atomic E-state index is 9.32. The number of aryl methyl sites for hydroxylation is 1. The van der Waals surface area contributed by atoms with Gasteiger partial charge in [0.15, 0.2) is 0 Å². The number of hydrogen-bond acceptors (Lipinski definition) is 4. The van der Waals surface area contributed by atoms with Gasteiger partial charge >= 0.3 is 0 Å². The van der Waals surface area contributed by atoms with E-state index in [2.05, 4.69) is 76.7 Å². The van der Waals surface area contributed by atoms with E-state index in [0.717, 1.165) is 48.2 Å². The van der Waals surface area contributed by atoms with Crippen LogP contribution in [0.3, 0.4) is 0 Å². The van der Waals surface area contributed by atoms with Crippen LogP contribution in [0.4, 0.5) is 5.69 Å². The molecule has 1 aliphatic heterocycles. The number of pyridine rings is 1. The van der Waals surface area contributed by atoms with E-state index in [9.17, 15) is 5.26 Å². The Labute approximate surface area is 198 Å². The van der Waals surface area contributed by atoms with Crippen molar-refractivity contribution in [1.29, 1.82) is 5.26 Å². The molecule has 0 bridgehead atoms. The highest BCUT2D eigenvalue weighted by atomic mass is 16.3. The summed E-state index contributed by atoms with van der Waals surface area (Å²) in [6, 6.07) is 8.79. The molecule has 0 saturated heterocycles. The molecule has 34 heavy (non-hydrogen) atoms. The molecule has 4 heteroatoms. The number of allylic oxidation sites excluding steroid dienone is 7. The summed E-state index contributed by atoms with van der Waals surface area (Å²) in [5.74, 6) is 1.32. The third-order valence-corrected chi connectivity index (χ3v) is 7.43. The summed E-state index contributed by atoms with van der Waals surface area (Å²) < 4.78 is 6.27. The van der Waals surface area contributed by atoms with E-state index in [4.69, 9.17) is 4.42 Å². The lowest BCUT2D eigenvalue weighted by Gasteiger charge is -2.32. The van der Waals surface area contributed by atoms with Crippen LogP contribution in [0.15, 0.2) is 83.2 Å². The van der Waals surface area contributed by atoms with Crippen LogP contribution in [-0.2, 0) is 6.42 Å². The number of hydrogen-bond donors (Lipinski definition) is 0. The molecule has 0 amide bonds. The van der Waals surface area contributed by atoms with Crippen LogP contribution < -0.4 is 4.90 Å². The fourth-order valence-electron chi connectivity index (χ4n) is 5.99. The second-order valence-electron chi connectivity index (χ2n) is 9.32. The third kappa shape index (κ3) is 2.80. The van der Waals surface area contributed by atoms with Crippen LogP contribution in [0.25, 0.3) is 22.6 Å². The lowest BCUT2D eigenvalue weighted by atomic mass is 9.87. The van der Waals surface area contributed by atoms with Crippen LogP contribution in [0.2, 0.25) is 0 Å². The van der Waals surface area contributed by atoms with Gasteiger partial charge in [-0.2, -0.15) is 5.26 Å². The number of furan rings is 1. The summed E-state index contributed by atoms with van der Waals surface area (Å²) >= 11 is 0. The van der Waals surface area contributed by atoms with E-state index in [0.29, 0.717) is 11.5 Å². The molecule has 7 rings (SSSR count). The minimum atomic E-state index is 0.254. The molecule has 3 aliphatic carbocycles. The number of nitrogens with zero attached hydrogens (tertiary/aromatic N) is 3. The van der Waals surface area contributed by atoms with E-state index in [1.807, 2.05) is 12.3 Å². The smallest absolute Gasteiger partial charge is 0.135 e. The molecule has 3 heterocycles. The molecule has 1 aromatic carbocycles. The molecule has 2 atom stereocenters. The molecular weight excluding hydrogens is 418 g/mol. The van der Waals surface area contributed by atoms with Crippen LogP contribution in [0.5, 0.6) is 0 Å². The van der Waals surface area contributed by atoms with E-state index >= 15 is 0 Å². The van der Waals surface area contributed by atoms with Gasteiger partial charge in [0.25, 0.3) is 0 Å². The zero-order valence-electron chi connectivity index (χ0n) is 18.7. The van der Waals surface area contributed by atoms with Crippen molar-refractivity contribution in [2.75, 3.05) is 4.90 Å². The molecule has 0 spiro atoms. The highest BCUT2D eigenvalue weighted by molar-refractivity contribution is 5.96. The largest absolute Gasteiger partial charge is 0.456 e. The predicted octanol–water partition coefficient (Wildman–Crippen LogP) is 6.82. The van der Waals surface area contributed by atoms with Crippen molar-refractivity contribution in [3.63, 3.8) is 0 Å². The van der Waals surface area contributed by atoms with E-state index in [1.54, 1.807) is 6.20 Å². The van der Waals surface area contributed by atoms with Gasteiger partial charge in [-0.1, -0.05) is 36.5 Å². The Kier molecular flexibility index (Phi) is 4.25. The second kappa shape index (κ2) is 7.46. The van der Waals surface area contributed by atoms with Gasteiger partial charge in [-0.15, -0.1) is 0 Å². The van der Waals surface area contributed by atoms with Crippen molar-refractivity contribution in [2.45, 2.75) is 37.6 Å². The molecule has 0 saturated carbocycles. The van der Waals surface area contributed by atoms with Crippen LogP contribution >= 0.6 is 0 Å². The monoisotopic (exact) mass is 441 g/mol. The molecule has 2 unspecified atom stereocenters. The first-order valence-electron chi connectivity index (χ1n) is 12.0. The van der Waals surface area contributed by atoms with Gasteiger partial charge in [0, 0.05) is 46.2 Å². The minimum absolute atomic E-state index is 0.254. The molecular formula is C30H23N3O. The average molecular weight is 442 g/mol. The minimum Gasteiger partial charge on any atom is -0.456 e. The van der Waals surface area contributed by atoms with Crippen molar-refractivity contribution >= 4 is 28.3 Å². The van der Waals surface area contributed by atoms with Crippen molar-refractivity contribution in [3.05, 3.63) is 107 Å². The molecule has 0 fully saturated rings. The zero-order chi connectivity index (χ0) is 22.6. The van der Waals surface area contributed by atoms with Crippen LogP contribution in [0, 0.1) is 11.3 Å². The Bertz CT molecular complexity index is 1540. The Morgan fingerprint density at radius 3 is 2.97 bits per heavy atom. The molecule has 0 N–H and O–H groups in total. The van der Waals surface area contributed by atoms with Crippen molar-refractivity contribution in [1.82, 2.24) is 4.98 Å². The summed E-state index contributed by atoms with van der Waals surface area (Å²) in [6.07, 6.45) is 25.4. The summed E-state index contributed by atoms with van der Waals surface area (Å²) in [7, 11) is 0. The van der Waals surface area contributed by atoms with Gasteiger partial charge in [-0.3, -0.25) is 4.98 Å². The van der Waals surface area contributed by atoms with E-state index in [-0.39, 0.29) is 6.04 Å². The Morgan fingerprint density at radius 2 is 2.03 bits per heavy atom. The summed E-state index contributed by atoms with van der Waals surface area (Å²) in [6.45, 7) is 0. The molecule has 4 nitrogen and oxygen atoms in total. The zero-order valence-corrected chi connectivity index (χ0v) is 18.7. The standard InChI is InChI=1S/C30H23N3O/c31-16-19-14-21(18-32-17-19)20-6-5-7-22(15-20)33-25-10-3-1-8-23(25)29-26(33)12-13-28-30(29)24-9-2-4-11-27(24)34-28/h1,3-4,6,8,10-15,17-18,23,25H,2,5,7,9H2. The van der Waals surface area contributed by atoms with Crippen molar-refractivity contribution < 1.29 is 4.42 Å². The number of anilines is 1. The fourth-order valence-corrected chi connectivity index (χ4v) is 5.99. The highest BCUT2D eigenvalue weighted by Crippen LogP contribution is 2.51. The molecule has 0 radical (unpaired) electrons. The summed E-state index contributed by atoms with van der Waals surface area (Å²) in [5.41, 5.74) is 9.07.